The SMILES string of the molecule is CC1(C)C[C@@]2(C=C(N)C1=O)CCN(C(=O)c1cnn(C(C)(C)C)c1C(F)(F)F)C2. The number of carbonyl (C=O) groups excluding carboxylic acids is 2. The van der Waals surface area contributed by atoms with Crippen molar-refractivity contribution in [2.45, 2.75) is 59.2 Å². The molecule has 1 amide bonds. The van der Waals surface area contributed by atoms with Gasteiger partial charge in [-0.3, -0.25) is 14.3 Å². The number of rotatable bonds is 1. The van der Waals surface area contributed by atoms with Crippen LogP contribution < -0.4 is 5.73 Å². The normalized spacial score (nSPS) is 24.9. The molecule has 2 heterocycles. The van der Waals surface area contributed by atoms with Gasteiger partial charge in [0.1, 0.15) is 0 Å². The molecule has 1 atom stereocenters. The zero-order chi connectivity index (χ0) is 22.0. The molecule has 1 spiro atoms. The highest BCUT2D eigenvalue weighted by atomic mass is 19.4. The second-order valence-corrected chi connectivity index (χ2v) is 9.82. The van der Waals surface area contributed by atoms with Crippen molar-refractivity contribution < 1.29 is 22.8 Å². The average Bonchev–Trinajstić information content (AvgIpc) is 3.15. The number of nitrogens with zero attached hydrogens (tertiary/aromatic N) is 3. The molecule has 1 aliphatic carbocycles. The molecule has 0 aromatic carbocycles. The van der Waals surface area contributed by atoms with E-state index in [1.54, 1.807) is 40.7 Å². The summed E-state index contributed by atoms with van der Waals surface area (Å²) < 4.78 is 42.2. The molecule has 2 aliphatic rings. The standard InChI is InChI=1S/C20H27F3N4O2/c1-17(2,3)27-14(20(21,22)23)12(9-25-27)16(29)26-7-6-19(11-26)8-13(24)15(28)18(4,5)10-19/h8-9H,6-7,10-11,24H2,1-5H3/t19-/m0/s1. The van der Waals surface area contributed by atoms with Gasteiger partial charge in [-0.25, -0.2) is 0 Å². The largest absolute Gasteiger partial charge is 0.433 e. The number of hydrogen-bond acceptors (Lipinski definition) is 4. The zero-order valence-electron chi connectivity index (χ0n) is 17.4. The fraction of sp³-hybridized carbons (Fsp3) is 0.650. The average molecular weight is 412 g/mol. The van der Waals surface area contributed by atoms with Crippen LogP contribution in [-0.4, -0.2) is 39.5 Å². The summed E-state index contributed by atoms with van der Waals surface area (Å²) in [5.41, 5.74) is 2.48. The minimum Gasteiger partial charge on any atom is -0.396 e. The third-order valence-electron chi connectivity index (χ3n) is 5.71. The Kier molecular flexibility index (Phi) is 4.67. The molecule has 6 nitrogen and oxygen atoms in total. The summed E-state index contributed by atoms with van der Waals surface area (Å²) in [5, 5.41) is 3.87. The van der Waals surface area contributed by atoms with Gasteiger partial charge in [0.2, 0.25) is 0 Å². The molecule has 1 fully saturated rings. The fourth-order valence-electron chi connectivity index (χ4n) is 4.59. The van der Waals surface area contributed by atoms with Gasteiger partial charge in [-0.15, -0.1) is 0 Å². The van der Waals surface area contributed by atoms with Gasteiger partial charge in [-0.1, -0.05) is 13.8 Å². The lowest BCUT2D eigenvalue weighted by atomic mass is 9.65. The molecule has 9 heteroatoms. The molecular weight excluding hydrogens is 385 g/mol. The summed E-state index contributed by atoms with van der Waals surface area (Å²) in [6.07, 6.45) is -0.978. The van der Waals surface area contributed by atoms with Gasteiger partial charge >= 0.3 is 6.18 Å². The first-order chi connectivity index (χ1) is 13.1. The van der Waals surface area contributed by atoms with E-state index in [1.807, 2.05) is 0 Å². The van der Waals surface area contributed by atoms with Gasteiger partial charge in [-0.05, 0) is 39.7 Å². The van der Waals surface area contributed by atoms with E-state index in [2.05, 4.69) is 5.10 Å². The summed E-state index contributed by atoms with van der Waals surface area (Å²) in [5.74, 6) is -0.843. The van der Waals surface area contributed by atoms with E-state index >= 15 is 0 Å². The molecule has 0 unspecified atom stereocenters. The van der Waals surface area contributed by atoms with Gasteiger partial charge in [0.25, 0.3) is 5.91 Å². The molecule has 29 heavy (non-hydrogen) atoms. The number of allylic oxidation sites excluding steroid dienone is 1. The maximum Gasteiger partial charge on any atom is 0.433 e. The molecule has 1 saturated heterocycles. The zero-order valence-corrected chi connectivity index (χ0v) is 17.4. The van der Waals surface area contributed by atoms with Crippen LogP contribution in [0.25, 0.3) is 0 Å². The van der Waals surface area contributed by atoms with Crippen molar-refractivity contribution in [3.8, 4) is 0 Å². The van der Waals surface area contributed by atoms with Crippen molar-refractivity contribution in [2.24, 2.45) is 16.6 Å². The summed E-state index contributed by atoms with van der Waals surface area (Å²) in [4.78, 5) is 26.7. The van der Waals surface area contributed by atoms with Crippen molar-refractivity contribution in [3.05, 3.63) is 29.2 Å². The van der Waals surface area contributed by atoms with Gasteiger partial charge in [-0.2, -0.15) is 18.3 Å². The van der Waals surface area contributed by atoms with Crippen LogP contribution in [0.3, 0.4) is 0 Å². The van der Waals surface area contributed by atoms with Crippen molar-refractivity contribution in [2.75, 3.05) is 13.1 Å². The third-order valence-corrected chi connectivity index (χ3v) is 5.71. The number of halogens is 3. The van der Waals surface area contributed by atoms with Crippen molar-refractivity contribution in [1.82, 2.24) is 14.7 Å². The van der Waals surface area contributed by atoms with Crippen LogP contribution in [0.2, 0.25) is 0 Å². The molecule has 1 aromatic rings. The fourth-order valence-corrected chi connectivity index (χ4v) is 4.59. The Bertz CT molecular complexity index is 893. The van der Waals surface area contributed by atoms with E-state index in [1.165, 1.54) is 4.90 Å². The molecule has 3 rings (SSSR count). The molecule has 0 radical (unpaired) electrons. The van der Waals surface area contributed by atoms with E-state index in [-0.39, 0.29) is 18.0 Å². The lowest BCUT2D eigenvalue weighted by molar-refractivity contribution is -0.146. The maximum atomic E-state index is 13.8. The van der Waals surface area contributed by atoms with Gasteiger partial charge in [0.05, 0.1) is 23.0 Å². The lowest BCUT2D eigenvalue weighted by Crippen LogP contribution is -2.42. The van der Waals surface area contributed by atoms with Crippen molar-refractivity contribution >= 4 is 11.7 Å². The second-order valence-electron chi connectivity index (χ2n) is 9.82. The Morgan fingerprint density at radius 1 is 1.24 bits per heavy atom. The van der Waals surface area contributed by atoms with Crippen LogP contribution in [0.1, 0.15) is 63.5 Å². The molecule has 1 aliphatic heterocycles. The van der Waals surface area contributed by atoms with Crippen LogP contribution >= 0.6 is 0 Å². The summed E-state index contributed by atoms with van der Waals surface area (Å²) in [6.45, 7) is 8.92. The topological polar surface area (TPSA) is 81.2 Å². The minimum absolute atomic E-state index is 0.140. The second kappa shape index (κ2) is 6.34. The number of carbonyl (C=O) groups is 2. The maximum absolute atomic E-state index is 13.8. The highest BCUT2D eigenvalue weighted by molar-refractivity contribution is 6.00. The number of amides is 1. The predicted octanol–water partition coefficient (Wildman–Crippen LogP) is 3.33. The highest BCUT2D eigenvalue weighted by Gasteiger charge is 2.50. The first-order valence-corrected chi connectivity index (χ1v) is 9.56. The Balaban J connectivity index is 1.94. The summed E-state index contributed by atoms with van der Waals surface area (Å²) in [6, 6.07) is 0. The van der Waals surface area contributed by atoms with Crippen LogP contribution in [-0.2, 0) is 16.5 Å². The highest BCUT2D eigenvalue weighted by Crippen LogP contribution is 2.47. The molecule has 1 aromatic heterocycles. The number of ketones is 1. The van der Waals surface area contributed by atoms with E-state index in [4.69, 9.17) is 5.73 Å². The number of nitrogens with two attached hydrogens (primary N) is 1. The summed E-state index contributed by atoms with van der Waals surface area (Å²) >= 11 is 0. The Hall–Kier alpha value is -2.32. The third kappa shape index (κ3) is 3.67. The van der Waals surface area contributed by atoms with E-state index in [0.29, 0.717) is 19.4 Å². The first-order valence-electron chi connectivity index (χ1n) is 9.56. The van der Waals surface area contributed by atoms with E-state index in [0.717, 1.165) is 10.9 Å². The molecule has 0 saturated carbocycles. The number of aromatic nitrogens is 2. The number of Topliss-reactive ketones (excluding diaryl/α,β-unsaturated/α-hetero) is 1. The van der Waals surface area contributed by atoms with Crippen LogP contribution in [0.4, 0.5) is 13.2 Å². The Morgan fingerprint density at radius 3 is 2.38 bits per heavy atom. The van der Waals surface area contributed by atoms with Crippen LogP contribution in [0.15, 0.2) is 18.0 Å². The molecule has 2 N–H and O–H groups in total. The smallest absolute Gasteiger partial charge is 0.396 e. The van der Waals surface area contributed by atoms with Gasteiger partial charge < -0.3 is 10.6 Å². The first kappa shape index (κ1) is 21.4. The minimum atomic E-state index is -4.71. The van der Waals surface area contributed by atoms with Crippen LogP contribution in [0, 0.1) is 10.8 Å². The van der Waals surface area contributed by atoms with Crippen molar-refractivity contribution in [3.63, 3.8) is 0 Å². The molecule has 0 bridgehead atoms. The summed E-state index contributed by atoms with van der Waals surface area (Å²) in [7, 11) is 0. The van der Waals surface area contributed by atoms with Gasteiger partial charge in [0.15, 0.2) is 11.5 Å². The van der Waals surface area contributed by atoms with E-state index in [9.17, 15) is 22.8 Å². The van der Waals surface area contributed by atoms with Crippen molar-refractivity contribution in [1.29, 1.82) is 0 Å². The predicted molar refractivity (Wildman–Crippen MR) is 101 cm³/mol. The lowest BCUT2D eigenvalue weighted by Gasteiger charge is -2.39. The number of hydrogen-bond donors (Lipinski definition) is 1. The number of likely N-dealkylation sites (tertiary alicyclic amines) is 1. The molecule has 160 valence electrons. The number of alkyl halides is 3. The quantitative estimate of drug-likeness (QED) is 0.767. The van der Waals surface area contributed by atoms with Gasteiger partial charge in [0, 0.05) is 23.9 Å². The Morgan fingerprint density at radius 2 is 1.86 bits per heavy atom. The molecular formula is C20H27F3N4O2. The van der Waals surface area contributed by atoms with Crippen LogP contribution in [0.5, 0.6) is 0 Å². The Labute approximate surface area is 167 Å². The van der Waals surface area contributed by atoms with E-state index < -0.39 is 39.7 Å². The monoisotopic (exact) mass is 412 g/mol.